The molecule has 2 aromatic carbocycles. The number of morpholine rings is 1. The lowest BCUT2D eigenvalue weighted by atomic mass is 10.1. The number of carbonyl (C=O) groups is 1. The van der Waals surface area contributed by atoms with Crippen molar-refractivity contribution in [3.05, 3.63) is 58.8 Å². The Labute approximate surface area is 178 Å². The number of amides is 1. The molecular formula is C21H20ClN3O3S. The van der Waals surface area contributed by atoms with E-state index >= 15 is 0 Å². The van der Waals surface area contributed by atoms with Crippen molar-refractivity contribution in [3.63, 3.8) is 0 Å². The van der Waals surface area contributed by atoms with Gasteiger partial charge in [0.05, 0.1) is 23.9 Å². The summed E-state index contributed by atoms with van der Waals surface area (Å²) >= 11 is 11.7. The summed E-state index contributed by atoms with van der Waals surface area (Å²) in [5.74, 6) is -0.150. The zero-order valence-corrected chi connectivity index (χ0v) is 17.4. The molecule has 1 aliphatic heterocycles. The van der Waals surface area contributed by atoms with Crippen LogP contribution in [0.3, 0.4) is 0 Å². The fourth-order valence-corrected chi connectivity index (χ4v) is 3.87. The maximum absolute atomic E-state index is 12.6. The fourth-order valence-electron chi connectivity index (χ4n) is 3.36. The van der Waals surface area contributed by atoms with Crippen molar-refractivity contribution in [3.8, 4) is 0 Å². The zero-order chi connectivity index (χ0) is 20.4. The number of carbonyl (C=O) groups excluding carboxylic acids is 1. The molecule has 0 radical (unpaired) electrons. The minimum absolute atomic E-state index is 0.171. The van der Waals surface area contributed by atoms with Crippen LogP contribution in [0.2, 0.25) is 5.02 Å². The monoisotopic (exact) mass is 429 g/mol. The summed E-state index contributed by atoms with van der Waals surface area (Å²) in [5, 5.41) is 7.34. The summed E-state index contributed by atoms with van der Waals surface area (Å²) in [6.07, 6.45) is 0. The number of aryl methyl sites for hydroxylation is 1. The molecule has 6 nitrogen and oxygen atoms in total. The van der Waals surface area contributed by atoms with Crippen molar-refractivity contribution < 1.29 is 13.9 Å². The minimum atomic E-state index is -0.396. The number of rotatable bonds is 3. The summed E-state index contributed by atoms with van der Waals surface area (Å²) in [5.41, 5.74) is 3.09. The van der Waals surface area contributed by atoms with E-state index in [0.717, 1.165) is 29.7 Å². The van der Waals surface area contributed by atoms with Crippen LogP contribution >= 0.6 is 23.8 Å². The molecule has 4 rings (SSSR count). The van der Waals surface area contributed by atoms with Gasteiger partial charge in [-0.3, -0.25) is 10.1 Å². The number of thiocarbonyl (C=S) groups is 1. The number of halogens is 1. The number of fused-ring (bicyclic) bond motifs is 1. The Balaban J connectivity index is 1.43. The smallest absolute Gasteiger partial charge is 0.293 e. The van der Waals surface area contributed by atoms with Gasteiger partial charge in [-0.05, 0) is 43.4 Å². The molecule has 150 valence electrons. The van der Waals surface area contributed by atoms with Gasteiger partial charge in [0.25, 0.3) is 5.91 Å². The number of para-hydroxylation sites is 1. The first-order chi connectivity index (χ1) is 14.0. The van der Waals surface area contributed by atoms with Crippen LogP contribution in [-0.2, 0) is 4.74 Å². The summed E-state index contributed by atoms with van der Waals surface area (Å²) in [7, 11) is 0. The Morgan fingerprint density at radius 2 is 1.93 bits per heavy atom. The predicted molar refractivity (Wildman–Crippen MR) is 119 cm³/mol. The van der Waals surface area contributed by atoms with Gasteiger partial charge in [0.1, 0.15) is 5.58 Å². The number of nitrogens with zero attached hydrogens (tertiary/aromatic N) is 1. The fraction of sp³-hybridized carbons (Fsp3) is 0.238. The van der Waals surface area contributed by atoms with E-state index < -0.39 is 5.91 Å². The highest BCUT2D eigenvalue weighted by Crippen LogP contribution is 2.29. The Kier molecular flexibility index (Phi) is 5.71. The highest BCUT2D eigenvalue weighted by atomic mass is 35.5. The maximum atomic E-state index is 12.6. The van der Waals surface area contributed by atoms with E-state index in [-0.39, 0.29) is 10.9 Å². The number of ether oxygens (including phenoxy) is 1. The lowest BCUT2D eigenvalue weighted by molar-refractivity contribution is 0.0952. The molecule has 0 atom stereocenters. The number of hydrogen-bond acceptors (Lipinski definition) is 5. The number of benzene rings is 2. The molecule has 0 unspecified atom stereocenters. The van der Waals surface area contributed by atoms with Crippen molar-refractivity contribution in [2.45, 2.75) is 6.92 Å². The molecule has 0 aliphatic carbocycles. The van der Waals surface area contributed by atoms with E-state index in [1.165, 1.54) is 0 Å². The van der Waals surface area contributed by atoms with E-state index in [2.05, 4.69) is 15.5 Å². The molecule has 0 spiro atoms. The number of hydrogen-bond donors (Lipinski definition) is 2. The van der Waals surface area contributed by atoms with Gasteiger partial charge >= 0.3 is 0 Å². The lowest BCUT2D eigenvalue weighted by Gasteiger charge is -2.29. The zero-order valence-electron chi connectivity index (χ0n) is 15.8. The van der Waals surface area contributed by atoms with Gasteiger partial charge < -0.3 is 19.4 Å². The third kappa shape index (κ3) is 4.22. The highest BCUT2D eigenvalue weighted by molar-refractivity contribution is 7.80. The van der Waals surface area contributed by atoms with E-state index in [9.17, 15) is 4.79 Å². The lowest BCUT2D eigenvalue weighted by Crippen LogP contribution is -2.36. The summed E-state index contributed by atoms with van der Waals surface area (Å²) in [6.45, 7) is 4.83. The second kappa shape index (κ2) is 8.41. The molecule has 1 saturated heterocycles. The van der Waals surface area contributed by atoms with Crippen molar-refractivity contribution >= 4 is 57.2 Å². The summed E-state index contributed by atoms with van der Waals surface area (Å²) in [4.78, 5) is 14.8. The maximum Gasteiger partial charge on any atom is 0.293 e. The second-order valence-electron chi connectivity index (χ2n) is 6.73. The van der Waals surface area contributed by atoms with Crippen LogP contribution in [-0.4, -0.2) is 37.3 Å². The molecule has 0 saturated carbocycles. The second-order valence-corrected chi connectivity index (χ2v) is 7.54. The van der Waals surface area contributed by atoms with Crippen LogP contribution in [0.1, 0.15) is 16.1 Å². The summed E-state index contributed by atoms with van der Waals surface area (Å²) < 4.78 is 11.1. The topological polar surface area (TPSA) is 66.7 Å². The molecule has 1 fully saturated rings. The number of anilines is 2. The van der Waals surface area contributed by atoms with Crippen LogP contribution in [0.15, 0.2) is 46.9 Å². The largest absolute Gasteiger partial charge is 0.451 e. The molecule has 29 heavy (non-hydrogen) atoms. The molecule has 8 heteroatoms. The average Bonchev–Trinajstić information content (AvgIpc) is 3.06. The Bertz CT molecular complexity index is 1080. The number of nitrogens with one attached hydrogen (secondary N) is 2. The Hall–Kier alpha value is -2.61. The van der Waals surface area contributed by atoms with Gasteiger partial charge in [0, 0.05) is 29.7 Å². The van der Waals surface area contributed by atoms with Crippen LogP contribution in [0.5, 0.6) is 0 Å². The SMILES string of the molecule is Cc1c(C(=O)NC(=S)Nc2ccc(N3CCOCC3)c(Cl)c2)oc2ccccc12. The molecule has 1 aliphatic rings. The van der Waals surface area contributed by atoms with Crippen molar-refractivity contribution in [1.29, 1.82) is 0 Å². The molecule has 3 aromatic rings. The van der Waals surface area contributed by atoms with Gasteiger partial charge in [-0.25, -0.2) is 0 Å². The molecule has 0 bridgehead atoms. The van der Waals surface area contributed by atoms with Gasteiger partial charge in [-0.2, -0.15) is 0 Å². The van der Waals surface area contributed by atoms with Crippen molar-refractivity contribution in [1.82, 2.24) is 5.32 Å². The van der Waals surface area contributed by atoms with Gasteiger partial charge in [-0.1, -0.05) is 29.8 Å². The minimum Gasteiger partial charge on any atom is -0.451 e. The first kappa shape index (κ1) is 19.7. The molecule has 1 aromatic heterocycles. The molecule has 2 heterocycles. The third-order valence-electron chi connectivity index (χ3n) is 4.83. The highest BCUT2D eigenvalue weighted by Gasteiger charge is 2.19. The standard InChI is InChI=1S/C21H20ClN3O3S/c1-13-15-4-2-3-5-18(15)28-19(13)20(26)24-21(29)23-14-6-7-17(16(22)12-14)25-8-10-27-11-9-25/h2-7,12H,8-11H2,1H3,(H2,23,24,26,29). The molecule has 2 N–H and O–H groups in total. The van der Waals surface area contributed by atoms with Crippen LogP contribution in [0, 0.1) is 6.92 Å². The van der Waals surface area contributed by atoms with E-state index in [1.54, 1.807) is 6.07 Å². The Morgan fingerprint density at radius 1 is 1.17 bits per heavy atom. The van der Waals surface area contributed by atoms with Crippen LogP contribution in [0.25, 0.3) is 11.0 Å². The number of furan rings is 1. The van der Waals surface area contributed by atoms with Gasteiger partial charge in [0.2, 0.25) is 0 Å². The predicted octanol–water partition coefficient (Wildman–Crippen LogP) is 4.36. The first-order valence-corrected chi connectivity index (χ1v) is 10.0. The first-order valence-electron chi connectivity index (χ1n) is 9.25. The van der Waals surface area contributed by atoms with Crippen molar-refractivity contribution in [2.24, 2.45) is 0 Å². The average molecular weight is 430 g/mol. The van der Waals surface area contributed by atoms with E-state index in [4.69, 9.17) is 33.0 Å². The molecular weight excluding hydrogens is 410 g/mol. The van der Waals surface area contributed by atoms with E-state index in [0.29, 0.717) is 29.5 Å². The normalized spacial score (nSPS) is 14.1. The summed E-state index contributed by atoms with van der Waals surface area (Å²) in [6, 6.07) is 13.1. The van der Waals surface area contributed by atoms with Gasteiger partial charge in [-0.15, -0.1) is 0 Å². The van der Waals surface area contributed by atoms with Crippen molar-refractivity contribution in [2.75, 3.05) is 36.5 Å². The quantitative estimate of drug-likeness (QED) is 0.603. The van der Waals surface area contributed by atoms with Crippen LogP contribution in [0.4, 0.5) is 11.4 Å². The van der Waals surface area contributed by atoms with E-state index in [1.807, 2.05) is 43.3 Å². The van der Waals surface area contributed by atoms with Gasteiger partial charge in [0.15, 0.2) is 10.9 Å². The molecule has 1 amide bonds. The third-order valence-corrected chi connectivity index (χ3v) is 5.34. The Morgan fingerprint density at radius 3 is 2.66 bits per heavy atom. The van der Waals surface area contributed by atoms with Crippen LogP contribution < -0.4 is 15.5 Å².